The molecule has 2 N–H and O–H groups in total. The number of nitrogen functional groups attached to an aromatic ring is 1. The van der Waals surface area contributed by atoms with Gasteiger partial charge in [-0.05, 0) is 52.2 Å². The van der Waals surface area contributed by atoms with Crippen LogP contribution in [0.25, 0.3) is 0 Å². The number of nitrogens with two attached hydrogens (primary N) is 1. The van der Waals surface area contributed by atoms with Crippen LogP contribution in [0, 0.1) is 0 Å². The molecule has 1 saturated heterocycles. The van der Waals surface area contributed by atoms with Crippen molar-refractivity contribution in [3.63, 3.8) is 0 Å². The van der Waals surface area contributed by atoms with Crippen molar-refractivity contribution < 1.29 is 26.7 Å². The minimum Gasteiger partial charge on any atom is -0.444 e. The highest BCUT2D eigenvalue weighted by Gasteiger charge is 2.57. The van der Waals surface area contributed by atoms with E-state index in [4.69, 9.17) is 10.5 Å². The van der Waals surface area contributed by atoms with E-state index in [1.165, 1.54) is 12.3 Å². The molecule has 0 bridgehead atoms. The molecule has 2 rings (SSSR count). The number of sulfone groups is 1. The van der Waals surface area contributed by atoms with E-state index >= 15 is 8.78 Å². The molecule has 1 aromatic heterocycles. The molecule has 1 unspecified atom stereocenters. The van der Waals surface area contributed by atoms with Gasteiger partial charge in [0.15, 0.2) is 0 Å². The Morgan fingerprint density at radius 1 is 1.35 bits per heavy atom. The molecule has 1 fully saturated rings. The quantitative estimate of drug-likeness (QED) is 0.850. The van der Waals surface area contributed by atoms with E-state index in [1.807, 2.05) is 0 Å². The molecule has 1 aromatic rings. The first-order valence-electron chi connectivity index (χ1n) is 8.20. The monoisotopic (exact) mass is 391 g/mol. The van der Waals surface area contributed by atoms with E-state index in [9.17, 15) is 13.2 Å². The second-order valence-electron chi connectivity index (χ2n) is 7.14. The molecular formula is C16H23F2N3O4S. The summed E-state index contributed by atoms with van der Waals surface area (Å²) in [5.41, 5.74) is 4.59. The fourth-order valence-corrected chi connectivity index (χ4v) is 4.26. The summed E-state index contributed by atoms with van der Waals surface area (Å²) in [4.78, 5) is 16.0. The average molecular weight is 391 g/mol. The first-order valence-corrected chi connectivity index (χ1v) is 9.69. The van der Waals surface area contributed by atoms with Gasteiger partial charge in [-0.2, -0.15) is 8.78 Å². The third-order valence-electron chi connectivity index (χ3n) is 3.97. The van der Waals surface area contributed by atoms with Crippen molar-refractivity contribution >= 4 is 21.7 Å². The van der Waals surface area contributed by atoms with Gasteiger partial charge in [-0.25, -0.2) is 18.2 Å². The molecule has 1 amide bonds. The lowest BCUT2D eigenvalue weighted by Crippen LogP contribution is -2.56. The summed E-state index contributed by atoms with van der Waals surface area (Å²) in [6.45, 7) is 4.81. The van der Waals surface area contributed by atoms with Crippen LogP contribution in [-0.2, 0) is 14.6 Å². The zero-order chi connectivity index (χ0) is 19.8. The Balaban J connectivity index is 2.41. The Morgan fingerprint density at radius 3 is 2.58 bits per heavy atom. The fourth-order valence-electron chi connectivity index (χ4n) is 2.78. The summed E-state index contributed by atoms with van der Waals surface area (Å²) in [6.07, 6.45) is 0.945. The summed E-state index contributed by atoms with van der Waals surface area (Å²) in [6, 6.07) is 0.355. The molecule has 0 radical (unpaired) electrons. The van der Waals surface area contributed by atoms with Crippen molar-refractivity contribution in [2.75, 3.05) is 12.3 Å². The molecule has 0 spiro atoms. The summed E-state index contributed by atoms with van der Waals surface area (Å²) in [7, 11) is -5.15. The van der Waals surface area contributed by atoms with Crippen LogP contribution in [0.15, 0.2) is 23.2 Å². The van der Waals surface area contributed by atoms with Crippen LogP contribution >= 0.6 is 0 Å². The first kappa shape index (κ1) is 20.3. The third kappa shape index (κ3) is 3.89. The Kier molecular flexibility index (Phi) is 5.46. The normalized spacial score (nSPS) is 19.3. The number of hydrogen-bond donors (Lipinski definition) is 1. The summed E-state index contributed by atoms with van der Waals surface area (Å²) < 4.78 is 60.5. The molecule has 1 aliphatic rings. The van der Waals surface area contributed by atoms with E-state index in [0.717, 1.165) is 11.0 Å². The number of carbonyl (C=O) groups is 1. The molecule has 7 nitrogen and oxygen atoms in total. The number of alkyl halides is 2. The number of ether oxygens (including phenoxy) is 1. The smallest absolute Gasteiger partial charge is 0.410 e. The Bertz CT molecular complexity index is 778. The van der Waals surface area contributed by atoms with Crippen LogP contribution in [0.4, 0.5) is 19.4 Å². The molecule has 1 aliphatic heterocycles. The van der Waals surface area contributed by atoms with Crippen molar-refractivity contribution in [2.45, 2.75) is 61.8 Å². The highest BCUT2D eigenvalue weighted by atomic mass is 32.2. The number of nitrogens with zero attached hydrogens (tertiary/aromatic N) is 2. The van der Waals surface area contributed by atoms with Gasteiger partial charge in [0.1, 0.15) is 22.4 Å². The van der Waals surface area contributed by atoms with Gasteiger partial charge in [0.05, 0.1) is 0 Å². The average Bonchev–Trinajstić information content (AvgIpc) is 2.53. The van der Waals surface area contributed by atoms with Gasteiger partial charge in [0.2, 0.25) is 9.84 Å². The fraction of sp³-hybridized carbons (Fsp3) is 0.625. The number of anilines is 1. The lowest BCUT2D eigenvalue weighted by molar-refractivity contribution is -0.0455. The number of amides is 1. The molecule has 146 valence electrons. The van der Waals surface area contributed by atoms with Gasteiger partial charge in [0, 0.05) is 12.7 Å². The van der Waals surface area contributed by atoms with Crippen molar-refractivity contribution in [3.05, 3.63) is 18.3 Å². The maximum absolute atomic E-state index is 15.1. The zero-order valence-electron chi connectivity index (χ0n) is 14.9. The predicted octanol–water partition coefficient (Wildman–Crippen LogP) is 2.82. The Hall–Kier alpha value is -1.97. The summed E-state index contributed by atoms with van der Waals surface area (Å²) in [5.74, 6) is -0.508. The molecule has 26 heavy (non-hydrogen) atoms. The number of piperidine rings is 1. The lowest BCUT2D eigenvalue weighted by atomic mass is 10.0. The van der Waals surface area contributed by atoms with Gasteiger partial charge >= 0.3 is 11.3 Å². The molecule has 0 aliphatic carbocycles. The van der Waals surface area contributed by atoms with Crippen molar-refractivity contribution in [3.8, 4) is 0 Å². The van der Waals surface area contributed by atoms with Gasteiger partial charge in [-0.15, -0.1) is 0 Å². The highest BCUT2D eigenvalue weighted by Crippen LogP contribution is 2.40. The van der Waals surface area contributed by atoms with Gasteiger partial charge in [0.25, 0.3) is 0 Å². The third-order valence-corrected chi connectivity index (χ3v) is 5.88. The van der Waals surface area contributed by atoms with Crippen LogP contribution in [-0.4, -0.2) is 47.8 Å². The van der Waals surface area contributed by atoms with Crippen molar-refractivity contribution in [1.82, 2.24) is 9.88 Å². The highest BCUT2D eigenvalue weighted by molar-refractivity contribution is 7.92. The van der Waals surface area contributed by atoms with E-state index in [2.05, 4.69) is 4.98 Å². The molecule has 2 heterocycles. The SMILES string of the molecule is CC(C)(C)OC(=O)N1CCCCC1C(F)(F)S(=O)(=O)c1cccnc1N. The minimum absolute atomic E-state index is 0.00673. The predicted molar refractivity (Wildman–Crippen MR) is 91.4 cm³/mol. The minimum atomic E-state index is -5.15. The van der Waals surface area contributed by atoms with E-state index in [0.29, 0.717) is 12.8 Å². The van der Waals surface area contributed by atoms with Crippen LogP contribution in [0.3, 0.4) is 0 Å². The maximum atomic E-state index is 15.1. The zero-order valence-corrected chi connectivity index (χ0v) is 15.7. The van der Waals surface area contributed by atoms with Crippen LogP contribution < -0.4 is 5.73 Å². The number of hydrogen-bond acceptors (Lipinski definition) is 6. The summed E-state index contributed by atoms with van der Waals surface area (Å²) in [5, 5.41) is -4.23. The van der Waals surface area contributed by atoms with Crippen LogP contribution in [0.2, 0.25) is 0 Å². The molecule has 0 saturated carbocycles. The number of likely N-dealkylation sites (tertiary alicyclic amines) is 1. The first-order chi connectivity index (χ1) is 11.9. The second kappa shape index (κ2) is 6.98. The standard InChI is InChI=1S/C16H23F2N3O4S/c1-15(2,3)25-14(22)21-10-5-4-8-12(21)16(17,18)26(23,24)11-7-6-9-20-13(11)19/h6-7,9,12H,4-5,8,10H2,1-3H3,(H2,19,20). The number of pyridine rings is 1. The van der Waals surface area contributed by atoms with E-state index < -0.39 is 43.5 Å². The second-order valence-corrected chi connectivity index (χ2v) is 9.13. The van der Waals surface area contributed by atoms with Crippen molar-refractivity contribution in [2.24, 2.45) is 0 Å². The number of halogens is 2. The van der Waals surface area contributed by atoms with Gasteiger partial charge < -0.3 is 10.5 Å². The topological polar surface area (TPSA) is 103 Å². The van der Waals surface area contributed by atoms with E-state index in [1.54, 1.807) is 20.8 Å². The largest absolute Gasteiger partial charge is 0.444 e. The van der Waals surface area contributed by atoms with Gasteiger partial charge in [-0.3, -0.25) is 4.90 Å². The maximum Gasteiger partial charge on any atom is 0.410 e. The number of carbonyl (C=O) groups excluding carboxylic acids is 1. The number of rotatable bonds is 3. The Morgan fingerprint density at radius 2 is 2.00 bits per heavy atom. The molecule has 0 aromatic carbocycles. The molecular weight excluding hydrogens is 368 g/mol. The van der Waals surface area contributed by atoms with Gasteiger partial charge in [-0.1, -0.05) is 0 Å². The van der Waals surface area contributed by atoms with Crippen LogP contribution in [0.5, 0.6) is 0 Å². The molecule has 10 heteroatoms. The van der Waals surface area contributed by atoms with E-state index in [-0.39, 0.29) is 13.0 Å². The van der Waals surface area contributed by atoms with Crippen LogP contribution in [0.1, 0.15) is 40.0 Å². The Labute approximate surface area is 151 Å². The lowest BCUT2D eigenvalue weighted by Gasteiger charge is -2.39. The summed E-state index contributed by atoms with van der Waals surface area (Å²) >= 11 is 0. The molecule has 1 atom stereocenters. The van der Waals surface area contributed by atoms with Crippen molar-refractivity contribution in [1.29, 1.82) is 0 Å². The number of aromatic nitrogens is 1.